The fourth-order valence-corrected chi connectivity index (χ4v) is 4.02. The normalized spacial score (nSPS) is 23.4. The maximum atomic E-state index is 13.3. The number of rotatable bonds is 5. The van der Waals surface area contributed by atoms with Gasteiger partial charge in [0.1, 0.15) is 6.04 Å². The first kappa shape index (κ1) is 17.4. The van der Waals surface area contributed by atoms with Gasteiger partial charge in [0, 0.05) is 38.8 Å². The molecule has 0 aliphatic carbocycles. The number of piperazine rings is 1. The van der Waals surface area contributed by atoms with Gasteiger partial charge in [0.15, 0.2) is 0 Å². The molecule has 0 saturated carbocycles. The monoisotopic (exact) mass is 329 g/mol. The maximum Gasteiger partial charge on any atom is 0.244 e. The molecule has 2 heterocycles. The first-order chi connectivity index (χ1) is 11.7. The topological polar surface area (TPSA) is 35.6 Å². The molecule has 0 radical (unpaired) electrons. The van der Waals surface area contributed by atoms with E-state index >= 15 is 0 Å². The number of carbonyl (C=O) groups is 1. The standard InChI is InChI=1S/C20H31N3O/c1-3-16-7-9-17(10-8-16)19(20(24)22-12-5-6-13-22)23-14-11-21-15-18(23)4-2/h7-10,18-19,21H,3-6,11-15H2,1-2H3. The molecular weight excluding hydrogens is 298 g/mol. The zero-order valence-electron chi connectivity index (χ0n) is 15.1. The van der Waals surface area contributed by atoms with Crippen LogP contribution in [0.15, 0.2) is 24.3 Å². The summed E-state index contributed by atoms with van der Waals surface area (Å²) in [4.78, 5) is 17.8. The van der Waals surface area contributed by atoms with E-state index in [0.29, 0.717) is 11.9 Å². The lowest BCUT2D eigenvalue weighted by Gasteiger charge is -2.41. The van der Waals surface area contributed by atoms with Crippen molar-refractivity contribution in [3.63, 3.8) is 0 Å². The first-order valence-corrected chi connectivity index (χ1v) is 9.58. The molecule has 1 aromatic rings. The third-order valence-electron chi connectivity index (χ3n) is 5.55. The summed E-state index contributed by atoms with van der Waals surface area (Å²) in [5.41, 5.74) is 2.49. The SMILES string of the molecule is CCc1ccc(C(C(=O)N2CCCC2)N2CCNCC2CC)cc1. The quantitative estimate of drug-likeness (QED) is 0.902. The van der Waals surface area contributed by atoms with Crippen molar-refractivity contribution in [1.29, 1.82) is 0 Å². The molecule has 0 aromatic heterocycles. The summed E-state index contributed by atoms with van der Waals surface area (Å²) in [5, 5.41) is 3.48. The van der Waals surface area contributed by atoms with Crippen molar-refractivity contribution in [2.75, 3.05) is 32.7 Å². The molecule has 2 fully saturated rings. The molecule has 2 unspecified atom stereocenters. The molecule has 4 heteroatoms. The van der Waals surface area contributed by atoms with Crippen LogP contribution in [-0.4, -0.2) is 54.5 Å². The van der Waals surface area contributed by atoms with E-state index in [-0.39, 0.29) is 6.04 Å². The van der Waals surface area contributed by atoms with Crippen molar-refractivity contribution >= 4 is 5.91 Å². The number of carbonyl (C=O) groups excluding carboxylic acids is 1. The van der Waals surface area contributed by atoms with Crippen molar-refractivity contribution < 1.29 is 4.79 Å². The lowest BCUT2D eigenvalue weighted by molar-refractivity contribution is -0.137. The summed E-state index contributed by atoms with van der Waals surface area (Å²) in [6.07, 6.45) is 4.40. The summed E-state index contributed by atoms with van der Waals surface area (Å²) in [6, 6.07) is 9.02. The van der Waals surface area contributed by atoms with E-state index in [1.54, 1.807) is 0 Å². The Kier molecular flexibility index (Phi) is 5.90. The van der Waals surface area contributed by atoms with Gasteiger partial charge in [-0.15, -0.1) is 0 Å². The smallest absolute Gasteiger partial charge is 0.244 e. The average molecular weight is 329 g/mol. The molecule has 0 spiro atoms. The number of nitrogens with zero attached hydrogens (tertiary/aromatic N) is 2. The molecule has 1 aromatic carbocycles. The van der Waals surface area contributed by atoms with Gasteiger partial charge in [0.2, 0.25) is 5.91 Å². The molecule has 3 rings (SSSR count). The number of aryl methyl sites for hydroxylation is 1. The van der Waals surface area contributed by atoms with E-state index in [2.05, 4.69) is 53.2 Å². The Bertz CT molecular complexity index is 536. The van der Waals surface area contributed by atoms with Crippen LogP contribution >= 0.6 is 0 Å². The van der Waals surface area contributed by atoms with Gasteiger partial charge in [-0.25, -0.2) is 0 Å². The van der Waals surface area contributed by atoms with Gasteiger partial charge < -0.3 is 10.2 Å². The van der Waals surface area contributed by atoms with Crippen LogP contribution in [0.1, 0.15) is 50.3 Å². The predicted molar refractivity (Wildman–Crippen MR) is 98.0 cm³/mol. The van der Waals surface area contributed by atoms with Crippen molar-refractivity contribution in [2.24, 2.45) is 0 Å². The van der Waals surface area contributed by atoms with Crippen LogP contribution in [0.4, 0.5) is 0 Å². The molecule has 2 atom stereocenters. The number of nitrogens with one attached hydrogen (secondary N) is 1. The molecular formula is C20H31N3O. The Morgan fingerprint density at radius 1 is 1.17 bits per heavy atom. The second kappa shape index (κ2) is 8.13. The average Bonchev–Trinajstić information content (AvgIpc) is 3.17. The van der Waals surface area contributed by atoms with Crippen molar-refractivity contribution in [1.82, 2.24) is 15.1 Å². The van der Waals surface area contributed by atoms with Crippen molar-refractivity contribution in [2.45, 2.75) is 51.6 Å². The minimum atomic E-state index is -0.124. The summed E-state index contributed by atoms with van der Waals surface area (Å²) < 4.78 is 0. The van der Waals surface area contributed by atoms with Gasteiger partial charge in [-0.05, 0) is 36.8 Å². The fraction of sp³-hybridized carbons (Fsp3) is 0.650. The van der Waals surface area contributed by atoms with Crippen LogP contribution in [0.2, 0.25) is 0 Å². The van der Waals surface area contributed by atoms with Crippen LogP contribution in [0.5, 0.6) is 0 Å². The summed E-state index contributed by atoms with van der Waals surface area (Å²) in [7, 11) is 0. The van der Waals surface area contributed by atoms with Gasteiger partial charge in [-0.3, -0.25) is 9.69 Å². The van der Waals surface area contributed by atoms with Crippen LogP contribution in [0.25, 0.3) is 0 Å². The van der Waals surface area contributed by atoms with E-state index in [9.17, 15) is 4.79 Å². The Labute approximate surface area is 146 Å². The third-order valence-corrected chi connectivity index (χ3v) is 5.55. The number of benzene rings is 1. The van der Waals surface area contributed by atoms with E-state index in [4.69, 9.17) is 0 Å². The highest BCUT2D eigenvalue weighted by molar-refractivity contribution is 5.83. The summed E-state index contributed by atoms with van der Waals surface area (Å²) in [5.74, 6) is 0.303. The van der Waals surface area contributed by atoms with E-state index in [0.717, 1.165) is 64.0 Å². The molecule has 2 aliphatic heterocycles. The Balaban J connectivity index is 1.90. The van der Waals surface area contributed by atoms with E-state index < -0.39 is 0 Å². The Morgan fingerprint density at radius 2 is 1.88 bits per heavy atom. The number of likely N-dealkylation sites (tertiary alicyclic amines) is 1. The zero-order valence-corrected chi connectivity index (χ0v) is 15.1. The molecule has 132 valence electrons. The lowest BCUT2D eigenvalue weighted by atomic mass is 9.98. The molecule has 4 nitrogen and oxygen atoms in total. The van der Waals surface area contributed by atoms with Crippen molar-refractivity contribution in [3.8, 4) is 0 Å². The van der Waals surface area contributed by atoms with Crippen LogP contribution in [0, 0.1) is 0 Å². The molecule has 1 amide bonds. The number of hydrogen-bond acceptors (Lipinski definition) is 3. The minimum Gasteiger partial charge on any atom is -0.341 e. The maximum absolute atomic E-state index is 13.3. The first-order valence-electron chi connectivity index (χ1n) is 9.58. The largest absolute Gasteiger partial charge is 0.341 e. The summed E-state index contributed by atoms with van der Waals surface area (Å²) >= 11 is 0. The van der Waals surface area contributed by atoms with Crippen LogP contribution in [0.3, 0.4) is 0 Å². The van der Waals surface area contributed by atoms with Gasteiger partial charge in [0.25, 0.3) is 0 Å². The Morgan fingerprint density at radius 3 is 2.50 bits per heavy atom. The van der Waals surface area contributed by atoms with Gasteiger partial charge in [-0.1, -0.05) is 38.1 Å². The van der Waals surface area contributed by atoms with Gasteiger partial charge in [0.05, 0.1) is 0 Å². The van der Waals surface area contributed by atoms with Gasteiger partial charge >= 0.3 is 0 Å². The Hall–Kier alpha value is -1.39. The molecule has 24 heavy (non-hydrogen) atoms. The number of hydrogen-bond donors (Lipinski definition) is 1. The molecule has 1 N–H and O–H groups in total. The predicted octanol–water partition coefficient (Wildman–Crippen LogP) is 2.60. The fourth-order valence-electron chi connectivity index (χ4n) is 4.02. The summed E-state index contributed by atoms with van der Waals surface area (Å²) in [6.45, 7) is 9.13. The highest BCUT2D eigenvalue weighted by atomic mass is 16.2. The zero-order chi connectivity index (χ0) is 16.9. The highest BCUT2D eigenvalue weighted by Gasteiger charge is 2.36. The highest BCUT2D eigenvalue weighted by Crippen LogP contribution is 2.29. The van der Waals surface area contributed by atoms with E-state index in [1.807, 2.05) is 0 Å². The lowest BCUT2D eigenvalue weighted by Crippen LogP contribution is -2.55. The number of amides is 1. The minimum absolute atomic E-state index is 0.124. The van der Waals surface area contributed by atoms with Gasteiger partial charge in [-0.2, -0.15) is 0 Å². The van der Waals surface area contributed by atoms with Crippen LogP contribution < -0.4 is 5.32 Å². The molecule has 0 bridgehead atoms. The second-order valence-corrected chi connectivity index (χ2v) is 7.03. The van der Waals surface area contributed by atoms with Crippen molar-refractivity contribution in [3.05, 3.63) is 35.4 Å². The third kappa shape index (κ3) is 3.65. The second-order valence-electron chi connectivity index (χ2n) is 7.03. The molecule has 2 saturated heterocycles. The van der Waals surface area contributed by atoms with E-state index in [1.165, 1.54) is 5.56 Å². The molecule has 2 aliphatic rings. The van der Waals surface area contributed by atoms with Crippen LogP contribution in [-0.2, 0) is 11.2 Å².